The highest BCUT2D eigenvalue weighted by Crippen LogP contribution is 2.35. The summed E-state index contributed by atoms with van der Waals surface area (Å²) >= 11 is 1.51. The molecule has 1 saturated heterocycles. The molecule has 2 aliphatic rings. The summed E-state index contributed by atoms with van der Waals surface area (Å²) in [6, 6.07) is 0.628. The molecule has 3 rings (SSSR count). The van der Waals surface area contributed by atoms with E-state index in [1.54, 1.807) is 6.92 Å². The number of nitrogens with zero attached hydrogens (tertiary/aromatic N) is 3. The predicted octanol–water partition coefficient (Wildman–Crippen LogP) is 1.23. The van der Waals surface area contributed by atoms with Gasteiger partial charge in [-0.3, -0.25) is 14.5 Å². The van der Waals surface area contributed by atoms with E-state index < -0.39 is 0 Å². The highest BCUT2D eigenvalue weighted by Gasteiger charge is 2.37. The third-order valence-corrected chi connectivity index (χ3v) is 5.79. The molecule has 2 atom stereocenters. The van der Waals surface area contributed by atoms with Crippen molar-refractivity contribution in [1.29, 1.82) is 0 Å². The minimum absolute atomic E-state index is 0.0138. The number of likely N-dealkylation sites (tertiary alicyclic amines) is 1. The number of carbonyl (C=O) groups excluding carboxylic acids is 2. The number of hydrogen-bond acceptors (Lipinski definition) is 6. The van der Waals surface area contributed by atoms with Gasteiger partial charge in [0.05, 0.1) is 6.54 Å². The zero-order valence-corrected chi connectivity index (χ0v) is 15.8. The van der Waals surface area contributed by atoms with Gasteiger partial charge in [-0.25, -0.2) is 0 Å². The summed E-state index contributed by atoms with van der Waals surface area (Å²) in [4.78, 5) is 26.0. The second-order valence-electron chi connectivity index (χ2n) is 7.16. The van der Waals surface area contributed by atoms with Crippen molar-refractivity contribution in [2.45, 2.75) is 64.6 Å². The average molecular weight is 366 g/mol. The van der Waals surface area contributed by atoms with Crippen LogP contribution in [-0.4, -0.2) is 52.1 Å². The minimum atomic E-state index is 0.0138. The van der Waals surface area contributed by atoms with Crippen LogP contribution in [0, 0.1) is 12.8 Å². The summed E-state index contributed by atoms with van der Waals surface area (Å²) in [5.74, 6) is 0.853. The third kappa shape index (κ3) is 5.47. The molecule has 8 heteroatoms. The van der Waals surface area contributed by atoms with Gasteiger partial charge in [0, 0.05) is 38.5 Å². The monoisotopic (exact) mass is 365 g/mol. The number of carbonyl (C=O) groups is 2. The first-order valence-electron chi connectivity index (χ1n) is 9.07. The van der Waals surface area contributed by atoms with Gasteiger partial charge in [-0.15, -0.1) is 10.2 Å². The summed E-state index contributed by atoms with van der Waals surface area (Å²) < 4.78 is 0. The van der Waals surface area contributed by atoms with Crippen LogP contribution in [0.15, 0.2) is 0 Å². The van der Waals surface area contributed by atoms with Crippen LogP contribution in [0.3, 0.4) is 0 Å². The zero-order valence-electron chi connectivity index (χ0n) is 15.0. The number of hydrogen-bond donors (Lipinski definition) is 2. The lowest BCUT2D eigenvalue weighted by molar-refractivity contribution is -0.122. The Morgan fingerprint density at radius 1 is 1.16 bits per heavy atom. The number of nitrogens with one attached hydrogen (secondary N) is 2. The second kappa shape index (κ2) is 8.23. The molecule has 25 heavy (non-hydrogen) atoms. The van der Waals surface area contributed by atoms with Crippen molar-refractivity contribution in [3.05, 3.63) is 10.0 Å². The van der Waals surface area contributed by atoms with Crippen LogP contribution in [0.25, 0.3) is 0 Å². The predicted molar refractivity (Wildman–Crippen MR) is 96.0 cm³/mol. The van der Waals surface area contributed by atoms with Gasteiger partial charge in [-0.05, 0) is 38.5 Å². The van der Waals surface area contributed by atoms with E-state index in [4.69, 9.17) is 0 Å². The minimum Gasteiger partial charge on any atom is -0.355 e. The van der Waals surface area contributed by atoms with E-state index >= 15 is 0 Å². The SMILES string of the molecule is CC(=O)NC[C@H]1CC[C@@H](CC(=O)NCc2nnc(C)s2)N1CC1CC1. The van der Waals surface area contributed by atoms with Crippen LogP contribution in [0.5, 0.6) is 0 Å². The molecule has 0 radical (unpaired) electrons. The molecule has 1 aliphatic carbocycles. The van der Waals surface area contributed by atoms with E-state index in [0.717, 1.165) is 35.3 Å². The van der Waals surface area contributed by atoms with Crippen molar-refractivity contribution in [1.82, 2.24) is 25.7 Å². The van der Waals surface area contributed by atoms with Crippen molar-refractivity contribution in [2.75, 3.05) is 13.1 Å². The fourth-order valence-electron chi connectivity index (χ4n) is 3.48. The largest absolute Gasteiger partial charge is 0.355 e. The number of aryl methyl sites for hydroxylation is 1. The molecule has 0 aromatic carbocycles. The number of amides is 2. The molecule has 2 fully saturated rings. The van der Waals surface area contributed by atoms with Gasteiger partial charge in [0.1, 0.15) is 10.0 Å². The Kier molecular flexibility index (Phi) is 6.01. The Balaban J connectivity index is 1.50. The summed E-state index contributed by atoms with van der Waals surface area (Å²) in [6.45, 7) is 5.66. The van der Waals surface area contributed by atoms with E-state index in [1.165, 1.54) is 24.2 Å². The lowest BCUT2D eigenvalue weighted by atomic mass is 10.1. The molecule has 138 valence electrons. The van der Waals surface area contributed by atoms with Crippen molar-refractivity contribution in [3.63, 3.8) is 0 Å². The normalized spacial score (nSPS) is 23.6. The summed E-state index contributed by atoms with van der Waals surface area (Å²) in [6.07, 6.45) is 5.15. The van der Waals surface area contributed by atoms with Gasteiger partial charge < -0.3 is 10.6 Å². The molecule has 2 N–H and O–H groups in total. The topological polar surface area (TPSA) is 87.2 Å². The van der Waals surface area contributed by atoms with Crippen molar-refractivity contribution in [2.24, 2.45) is 5.92 Å². The van der Waals surface area contributed by atoms with E-state index in [-0.39, 0.29) is 17.9 Å². The Labute approximate surface area is 152 Å². The molecular weight excluding hydrogens is 338 g/mol. The molecule has 0 bridgehead atoms. The number of aromatic nitrogens is 2. The van der Waals surface area contributed by atoms with Crippen LogP contribution in [-0.2, 0) is 16.1 Å². The van der Waals surface area contributed by atoms with Crippen LogP contribution in [0.4, 0.5) is 0 Å². The first kappa shape index (κ1) is 18.3. The lowest BCUT2D eigenvalue weighted by Crippen LogP contribution is -2.45. The zero-order chi connectivity index (χ0) is 17.8. The van der Waals surface area contributed by atoms with E-state index in [1.807, 2.05) is 6.92 Å². The Bertz CT molecular complexity index is 616. The first-order valence-corrected chi connectivity index (χ1v) is 9.88. The molecule has 2 heterocycles. The van der Waals surface area contributed by atoms with Gasteiger partial charge in [-0.2, -0.15) is 0 Å². The van der Waals surface area contributed by atoms with Gasteiger partial charge in [0.15, 0.2) is 0 Å². The maximum Gasteiger partial charge on any atom is 0.221 e. The fraction of sp³-hybridized carbons (Fsp3) is 0.765. The van der Waals surface area contributed by atoms with E-state index in [9.17, 15) is 9.59 Å². The van der Waals surface area contributed by atoms with Crippen LogP contribution in [0.2, 0.25) is 0 Å². The van der Waals surface area contributed by atoms with Crippen molar-refractivity contribution in [3.8, 4) is 0 Å². The van der Waals surface area contributed by atoms with Crippen molar-refractivity contribution < 1.29 is 9.59 Å². The average Bonchev–Trinajstić information content (AvgIpc) is 3.17. The Hall–Kier alpha value is -1.54. The van der Waals surface area contributed by atoms with Crippen LogP contribution < -0.4 is 10.6 Å². The summed E-state index contributed by atoms with van der Waals surface area (Å²) in [5.41, 5.74) is 0. The maximum atomic E-state index is 12.3. The van der Waals surface area contributed by atoms with Gasteiger partial charge >= 0.3 is 0 Å². The van der Waals surface area contributed by atoms with Gasteiger partial charge in [0.2, 0.25) is 11.8 Å². The van der Waals surface area contributed by atoms with Crippen LogP contribution in [0.1, 0.15) is 49.0 Å². The highest BCUT2D eigenvalue weighted by molar-refractivity contribution is 7.11. The maximum absolute atomic E-state index is 12.3. The Morgan fingerprint density at radius 3 is 2.56 bits per heavy atom. The molecule has 1 aliphatic heterocycles. The van der Waals surface area contributed by atoms with Gasteiger partial charge in [0.25, 0.3) is 0 Å². The molecular formula is C17H27N5O2S. The molecule has 1 aromatic rings. The quantitative estimate of drug-likeness (QED) is 0.724. The molecule has 1 saturated carbocycles. The smallest absolute Gasteiger partial charge is 0.221 e. The second-order valence-corrected chi connectivity index (χ2v) is 8.42. The Morgan fingerprint density at radius 2 is 1.92 bits per heavy atom. The standard InChI is InChI=1S/C17H27N5O2S/c1-11(23)18-8-15-6-5-14(22(15)10-13-3-4-13)7-16(24)19-9-17-21-20-12(2)25-17/h13-15H,3-10H2,1-2H3,(H,18,23)(H,19,24)/t14-,15+/m0/s1. The number of rotatable bonds is 8. The molecule has 7 nitrogen and oxygen atoms in total. The van der Waals surface area contributed by atoms with Crippen molar-refractivity contribution >= 4 is 23.2 Å². The van der Waals surface area contributed by atoms with Gasteiger partial charge in [-0.1, -0.05) is 11.3 Å². The third-order valence-electron chi connectivity index (χ3n) is 4.95. The highest BCUT2D eigenvalue weighted by atomic mass is 32.1. The molecule has 2 amide bonds. The fourth-order valence-corrected chi connectivity index (χ4v) is 4.13. The van der Waals surface area contributed by atoms with Crippen LogP contribution >= 0.6 is 11.3 Å². The molecule has 1 aromatic heterocycles. The van der Waals surface area contributed by atoms with E-state index in [0.29, 0.717) is 25.6 Å². The molecule has 0 spiro atoms. The first-order chi connectivity index (χ1) is 12.0. The summed E-state index contributed by atoms with van der Waals surface area (Å²) in [5, 5.41) is 15.7. The lowest BCUT2D eigenvalue weighted by Gasteiger charge is -2.30. The molecule has 0 unspecified atom stereocenters. The summed E-state index contributed by atoms with van der Waals surface area (Å²) in [7, 11) is 0. The van der Waals surface area contributed by atoms with E-state index in [2.05, 4.69) is 25.7 Å².